The molecule has 0 fully saturated rings. The van der Waals surface area contributed by atoms with Crippen LogP contribution < -0.4 is 10.6 Å². The van der Waals surface area contributed by atoms with Crippen molar-refractivity contribution in [1.29, 1.82) is 5.26 Å². The van der Waals surface area contributed by atoms with Gasteiger partial charge in [0.15, 0.2) is 6.29 Å². The standard InChI is InChI=1S/C21H30N6O6/c1-21(2,3)33-20(30)25-17(18(28)31-13-11-22)6-4-5-12-24-19(29)32-14-15-7-9-16(10-8-15)26-27-23/h7-10,17-18,28H,4-6,12-14H2,1-3H3,(H,24,29)(H,25,30)/t17-,18?/m0/s1. The molecular weight excluding hydrogens is 432 g/mol. The minimum absolute atomic E-state index is 0.0622. The lowest BCUT2D eigenvalue weighted by Gasteiger charge is -2.26. The summed E-state index contributed by atoms with van der Waals surface area (Å²) in [6.45, 7) is 5.21. The molecule has 12 heteroatoms. The molecule has 3 N–H and O–H groups in total. The second-order valence-electron chi connectivity index (χ2n) is 7.97. The lowest BCUT2D eigenvalue weighted by Crippen LogP contribution is -2.46. The number of hydrogen-bond acceptors (Lipinski definition) is 8. The van der Waals surface area contributed by atoms with Crippen LogP contribution >= 0.6 is 0 Å². The Balaban J connectivity index is 2.37. The second-order valence-corrected chi connectivity index (χ2v) is 7.97. The van der Waals surface area contributed by atoms with E-state index in [4.69, 9.17) is 25.0 Å². The molecule has 2 amide bonds. The Morgan fingerprint density at radius 1 is 1.24 bits per heavy atom. The van der Waals surface area contributed by atoms with Gasteiger partial charge in [-0.05, 0) is 51.1 Å². The first kappa shape index (κ1) is 27.5. The van der Waals surface area contributed by atoms with Crippen LogP contribution in [0.5, 0.6) is 0 Å². The number of aliphatic hydroxyl groups is 1. The molecule has 0 aliphatic rings. The number of carbonyl (C=O) groups excluding carboxylic acids is 2. The number of azide groups is 1. The van der Waals surface area contributed by atoms with E-state index in [1.807, 2.05) is 0 Å². The molecule has 0 aromatic heterocycles. The van der Waals surface area contributed by atoms with Gasteiger partial charge in [-0.2, -0.15) is 5.26 Å². The van der Waals surface area contributed by atoms with Crippen molar-refractivity contribution in [2.75, 3.05) is 13.2 Å². The number of alkyl carbamates (subject to hydrolysis) is 2. The molecule has 0 spiro atoms. The molecule has 2 atom stereocenters. The van der Waals surface area contributed by atoms with Crippen molar-refractivity contribution in [3.05, 3.63) is 40.3 Å². The van der Waals surface area contributed by atoms with Crippen molar-refractivity contribution < 1.29 is 28.9 Å². The molecule has 0 saturated heterocycles. The number of hydrogen-bond donors (Lipinski definition) is 3. The third-order valence-electron chi connectivity index (χ3n) is 4.04. The second kappa shape index (κ2) is 14.5. The first-order chi connectivity index (χ1) is 15.6. The van der Waals surface area contributed by atoms with Crippen molar-refractivity contribution >= 4 is 17.9 Å². The number of rotatable bonds is 12. The average molecular weight is 463 g/mol. The molecule has 180 valence electrons. The highest BCUT2D eigenvalue weighted by Gasteiger charge is 2.25. The van der Waals surface area contributed by atoms with Crippen LogP contribution in [0.1, 0.15) is 45.6 Å². The molecule has 1 rings (SSSR count). The molecule has 1 aromatic carbocycles. The highest BCUT2D eigenvalue weighted by Crippen LogP contribution is 2.14. The Kier molecular flexibility index (Phi) is 12.1. The maximum Gasteiger partial charge on any atom is 0.408 e. The Bertz CT molecular complexity index is 842. The van der Waals surface area contributed by atoms with Crippen LogP contribution in [0.4, 0.5) is 15.3 Å². The van der Waals surface area contributed by atoms with Crippen LogP contribution in [0.2, 0.25) is 0 Å². The first-order valence-electron chi connectivity index (χ1n) is 10.4. The van der Waals surface area contributed by atoms with Gasteiger partial charge in [-0.1, -0.05) is 29.4 Å². The van der Waals surface area contributed by atoms with Gasteiger partial charge in [-0.3, -0.25) is 0 Å². The lowest BCUT2D eigenvalue weighted by atomic mass is 10.1. The summed E-state index contributed by atoms with van der Waals surface area (Å²) in [7, 11) is 0. The predicted molar refractivity (Wildman–Crippen MR) is 118 cm³/mol. The van der Waals surface area contributed by atoms with Gasteiger partial charge in [-0.25, -0.2) is 9.59 Å². The fourth-order valence-electron chi connectivity index (χ4n) is 2.57. The predicted octanol–water partition coefficient (Wildman–Crippen LogP) is 3.78. The smallest absolute Gasteiger partial charge is 0.408 e. The zero-order chi connectivity index (χ0) is 24.7. The van der Waals surface area contributed by atoms with Gasteiger partial charge >= 0.3 is 12.2 Å². The quantitative estimate of drug-likeness (QED) is 0.139. The summed E-state index contributed by atoms with van der Waals surface area (Å²) in [5.74, 6) is 0. The van der Waals surface area contributed by atoms with Crippen molar-refractivity contribution in [1.82, 2.24) is 10.6 Å². The number of amides is 2. The Labute approximate surface area is 192 Å². The van der Waals surface area contributed by atoms with Gasteiger partial charge in [0, 0.05) is 17.1 Å². The van der Waals surface area contributed by atoms with Crippen molar-refractivity contribution in [2.45, 2.75) is 64.6 Å². The van der Waals surface area contributed by atoms with E-state index < -0.39 is 30.1 Å². The molecule has 1 unspecified atom stereocenters. The highest BCUT2D eigenvalue weighted by atomic mass is 16.6. The zero-order valence-corrected chi connectivity index (χ0v) is 19.0. The molecular formula is C21H30N6O6. The molecule has 1 aromatic rings. The van der Waals surface area contributed by atoms with E-state index in [0.717, 1.165) is 5.56 Å². The molecule has 0 heterocycles. The minimum atomic E-state index is -1.37. The van der Waals surface area contributed by atoms with Gasteiger partial charge in [-0.15, -0.1) is 0 Å². The number of aliphatic hydroxyl groups excluding tert-OH is 1. The van der Waals surface area contributed by atoms with Crippen LogP contribution in [0.3, 0.4) is 0 Å². The van der Waals surface area contributed by atoms with Crippen LogP contribution in [-0.4, -0.2) is 48.4 Å². The summed E-state index contributed by atoms with van der Waals surface area (Å²) in [6, 6.07) is 7.59. The maximum atomic E-state index is 12.0. The molecule has 0 radical (unpaired) electrons. The molecule has 0 aliphatic carbocycles. The van der Waals surface area contributed by atoms with E-state index in [0.29, 0.717) is 31.5 Å². The summed E-state index contributed by atoms with van der Waals surface area (Å²) >= 11 is 0. The van der Waals surface area contributed by atoms with E-state index >= 15 is 0 Å². The van der Waals surface area contributed by atoms with E-state index in [9.17, 15) is 14.7 Å². The topological polar surface area (TPSA) is 179 Å². The van der Waals surface area contributed by atoms with Crippen LogP contribution in [0.25, 0.3) is 10.4 Å². The summed E-state index contributed by atoms with van der Waals surface area (Å²) < 4.78 is 15.3. The molecule has 0 saturated carbocycles. The van der Waals surface area contributed by atoms with Crippen LogP contribution in [0.15, 0.2) is 29.4 Å². The maximum absolute atomic E-state index is 12.0. The molecule has 0 bridgehead atoms. The van der Waals surface area contributed by atoms with Crippen LogP contribution in [0, 0.1) is 11.3 Å². The van der Waals surface area contributed by atoms with Crippen LogP contribution in [-0.2, 0) is 20.8 Å². The Morgan fingerprint density at radius 2 is 1.94 bits per heavy atom. The molecule has 12 nitrogen and oxygen atoms in total. The summed E-state index contributed by atoms with van der Waals surface area (Å²) in [5, 5.41) is 27.3. The monoisotopic (exact) mass is 462 g/mol. The number of nitrogens with one attached hydrogen (secondary N) is 2. The average Bonchev–Trinajstić information content (AvgIpc) is 2.74. The summed E-state index contributed by atoms with van der Waals surface area (Å²) in [4.78, 5) is 26.5. The number of ether oxygens (including phenoxy) is 3. The normalized spacial score (nSPS) is 12.5. The van der Waals surface area contributed by atoms with E-state index in [1.54, 1.807) is 51.1 Å². The first-order valence-corrected chi connectivity index (χ1v) is 10.4. The number of nitrogens with zero attached hydrogens (tertiary/aromatic N) is 4. The summed E-state index contributed by atoms with van der Waals surface area (Å²) in [5.41, 5.74) is 8.88. The third kappa shape index (κ3) is 12.8. The van der Waals surface area contributed by atoms with Gasteiger partial charge in [0.1, 0.15) is 18.8 Å². The van der Waals surface area contributed by atoms with Gasteiger partial charge < -0.3 is 30.0 Å². The van der Waals surface area contributed by atoms with E-state index in [2.05, 4.69) is 20.7 Å². The highest BCUT2D eigenvalue weighted by molar-refractivity contribution is 5.68. The SMILES string of the molecule is CC(C)(C)OC(=O)N[C@@H](CCCCNC(=O)OCc1ccc(N=[N+]=[N-])cc1)C(O)OCC#N. The zero-order valence-electron chi connectivity index (χ0n) is 19.0. The fraction of sp³-hybridized carbons (Fsp3) is 0.571. The third-order valence-corrected chi connectivity index (χ3v) is 4.04. The summed E-state index contributed by atoms with van der Waals surface area (Å²) in [6.07, 6.45) is -1.25. The van der Waals surface area contributed by atoms with Gasteiger partial charge in [0.25, 0.3) is 0 Å². The van der Waals surface area contributed by atoms with Crippen molar-refractivity contribution in [3.63, 3.8) is 0 Å². The fourth-order valence-corrected chi connectivity index (χ4v) is 2.57. The number of nitriles is 1. The minimum Gasteiger partial charge on any atom is -0.445 e. The van der Waals surface area contributed by atoms with Gasteiger partial charge in [0.2, 0.25) is 0 Å². The molecule has 0 aliphatic heterocycles. The Hall–Kier alpha value is -3.52. The van der Waals surface area contributed by atoms with Crippen molar-refractivity contribution in [3.8, 4) is 6.07 Å². The number of unbranched alkanes of at least 4 members (excludes halogenated alkanes) is 1. The number of benzene rings is 1. The Morgan fingerprint density at radius 3 is 2.55 bits per heavy atom. The largest absolute Gasteiger partial charge is 0.445 e. The van der Waals surface area contributed by atoms with E-state index in [1.165, 1.54) is 0 Å². The van der Waals surface area contributed by atoms with E-state index in [-0.39, 0.29) is 13.2 Å². The van der Waals surface area contributed by atoms with Gasteiger partial charge in [0.05, 0.1) is 12.1 Å². The molecule has 33 heavy (non-hydrogen) atoms. The lowest BCUT2D eigenvalue weighted by molar-refractivity contribution is -0.111. The number of carbonyl (C=O) groups is 2. The van der Waals surface area contributed by atoms with Crippen molar-refractivity contribution in [2.24, 2.45) is 5.11 Å².